The lowest BCUT2D eigenvalue weighted by atomic mass is 10.2. The summed E-state index contributed by atoms with van der Waals surface area (Å²) in [6, 6.07) is 18.6. The first kappa shape index (κ1) is 21.9. The van der Waals surface area contributed by atoms with Gasteiger partial charge >= 0.3 is 5.97 Å². The number of hydrogen-bond acceptors (Lipinski definition) is 7. The zero-order valence-electron chi connectivity index (χ0n) is 17.7. The van der Waals surface area contributed by atoms with Crippen LogP contribution in [0.2, 0.25) is 0 Å². The smallest absolute Gasteiger partial charge is 0.329 e. The number of rotatable bonds is 7. The van der Waals surface area contributed by atoms with E-state index in [1.807, 2.05) is 30.3 Å². The normalized spacial score (nSPS) is 15.5. The quantitative estimate of drug-likeness (QED) is 0.425. The third-order valence-electron chi connectivity index (χ3n) is 5.05. The van der Waals surface area contributed by atoms with E-state index < -0.39 is 24.5 Å². The lowest BCUT2D eigenvalue weighted by molar-refractivity contribution is -0.151. The van der Waals surface area contributed by atoms with Crippen molar-refractivity contribution in [1.82, 2.24) is 4.90 Å². The van der Waals surface area contributed by atoms with Gasteiger partial charge in [-0.05, 0) is 61.4 Å². The third kappa shape index (κ3) is 5.70. The van der Waals surface area contributed by atoms with Crippen molar-refractivity contribution in [3.05, 3.63) is 78.8 Å². The summed E-state index contributed by atoms with van der Waals surface area (Å²) in [7, 11) is 0. The molecule has 2 amide bonds. The van der Waals surface area contributed by atoms with E-state index in [0.717, 1.165) is 5.69 Å². The number of nitrogens with one attached hydrogen (secondary N) is 1. The van der Waals surface area contributed by atoms with Gasteiger partial charge in [0, 0.05) is 12.2 Å². The second kappa shape index (κ2) is 10.4. The highest BCUT2D eigenvalue weighted by Crippen LogP contribution is 2.22. The molecule has 1 aliphatic heterocycles. The molecule has 1 fully saturated rings. The highest BCUT2D eigenvalue weighted by molar-refractivity contribution is 5.96. The van der Waals surface area contributed by atoms with Crippen LogP contribution in [0.4, 0.5) is 17.1 Å². The summed E-state index contributed by atoms with van der Waals surface area (Å²) in [4.78, 5) is 38.6. The van der Waals surface area contributed by atoms with Crippen molar-refractivity contribution < 1.29 is 23.5 Å². The highest BCUT2D eigenvalue weighted by Gasteiger charge is 2.36. The molecule has 168 valence electrons. The number of nitrogens with zero attached hydrogens (tertiary/aromatic N) is 3. The molecule has 1 aliphatic rings. The number of amides is 2. The van der Waals surface area contributed by atoms with Crippen molar-refractivity contribution >= 4 is 34.8 Å². The van der Waals surface area contributed by atoms with E-state index in [1.165, 1.54) is 11.2 Å². The molecule has 2 heterocycles. The van der Waals surface area contributed by atoms with Crippen LogP contribution in [0.5, 0.6) is 0 Å². The molecule has 3 aromatic rings. The van der Waals surface area contributed by atoms with Crippen molar-refractivity contribution in [1.29, 1.82) is 0 Å². The van der Waals surface area contributed by atoms with Gasteiger partial charge in [0.1, 0.15) is 6.04 Å². The van der Waals surface area contributed by atoms with E-state index in [9.17, 15) is 14.4 Å². The highest BCUT2D eigenvalue weighted by atomic mass is 16.5. The summed E-state index contributed by atoms with van der Waals surface area (Å²) >= 11 is 0. The Kier molecular flexibility index (Phi) is 6.89. The van der Waals surface area contributed by atoms with E-state index >= 15 is 0 Å². The molecule has 9 nitrogen and oxygen atoms in total. The summed E-state index contributed by atoms with van der Waals surface area (Å²) in [5, 5.41) is 10.9. The predicted octanol–water partition coefficient (Wildman–Crippen LogP) is 4.48. The van der Waals surface area contributed by atoms with Gasteiger partial charge in [-0.15, -0.1) is 0 Å². The van der Waals surface area contributed by atoms with Gasteiger partial charge in [-0.3, -0.25) is 9.59 Å². The lowest BCUT2D eigenvalue weighted by Crippen LogP contribution is -2.42. The summed E-state index contributed by atoms with van der Waals surface area (Å²) in [5.41, 5.74) is 1.90. The number of furan rings is 1. The Balaban J connectivity index is 1.26. The fourth-order valence-corrected chi connectivity index (χ4v) is 3.45. The molecule has 0 spiro atoms. The average Bonchev–Trinajstić information content (AvgIpc) is 3.55. The van der Waals surface area contributed by atoms with E-state index in [-0.39, 0.29) is 11.7 Å². The molecular formula is C24H22N4O5. The first-order valence-electron chi connectivity index (χ1n) is 10.5. The van der Waals surface area contributed by atoms with Gasteiger partial charge in [0.15, 0.2) is 12.4 Å². The Hall–Kier alpha value is -4.27. The molecule has 1 atom stereocenters. The number of carbonyl (C=O) groups excluding carboxylic acids is 3. The fraction of sp³-hybridized carbons (Fsp3) is 0.208. The number of carbonyl (C=O) groups is 3. The standard InChI is InChI=1S/C24H22N4O5/c29-22(25-17-10-12-19(13-11-17)27-26-18-6-2-1-3-7-18)16-33-24(31)20-8-4-14-28(20)23(30)21-9-5-15-32-21/h1-3,5-7,9-13,15,20H,4,8,14,16H2,(H,25,29). The van der Waals surface area contributed by atoms with Gasteiger partial charge in [-0.1, -0.05) is 18.2 Å². The first-order valence-corrected chi connectivity index (χ1v) is 10.5. The number of likely N-dealkylation sites (tertiary alicyclic amines) is 1. The van der Waals surface area contributed by atoms with Gasteiger partial charge in [0.2, 0.25) is 0 Å². The van der Waals surface area contributed by atoms with Gasteiger partial charge in [-0.2, -0.15) is 10.2 Å². The summed E-state index contributed by atoms with van der Waals surface area (Å²) in [6.07, 6.45) is 2.55. The van der Waals surface area contributed by atoms with Crippen LogP contribution in [-0.4, -0.2) is 41.9 Å². The van der Waals surface area contributed by atoms with Crippen LogP contribution in [0.25, 0.3) is 0 Å². The molecule has 1 aromatic heterocycles. The minimum atomic E-state index is -0.732. The Labute approximate surface area is 190 Å². The number of ether oxygens (including phenoxy) is 1. The summed E-state index contributed by atoms with van der Waals surface area (Å²) in [5.74, 6) is -1.30. The molecule has 33 heavy (non-hydrogen) atoms. The van der Waals surface area contributed by atoms with Gasteiger partial charge in [0.25, 0.3) is 11.8 Å². The molecule has 0 bridgehead atoms. The fourth-order valence-electron chi connectivity index (χ4n) is 3.45. The number of esters is 1. The van der Waals surface area contributed by atoms with Gasteiger partial charge < -0.3 is 19.4 Å². The Morgan fingerprint density at radius 1 is 0.970 bits per heavy atom. The minimum Gasteiger partial charge on any atom is -0.459 e. The average molecular weight is 446 g/mol. The number of azo groups is 1. The molecule has 0 aliphatic carbocycles. The van der Waals surface area contributed by atoms with Crippen LogP contribution < -0.4 is 5.32 Å². The lowest BCUT2D eigenvalue weighted by Gasteiger charge is -2.22. The van der Waals surface area contributed by atoms with E-state index in [4.69, 9.17) is 9.15 Å². The zero-order valence-corrected chi connectivity index (χ0v) is 17.7. The predicted molar refractivity (Wildman–Crippen MR) is 119 cm³/mol. The van der Waals surface area contributed by atoms with Gasteiger partial charge in [-0.25, -0.2) is 4.79 Å². The van der Waals surface area contributed by atoms with Gasteiger partial charge in [0.05, 0.1) is 17.6 Å². The zero-order chi connectivity index (χ0) is 23.0. The molecule has 0 saturated carbocycles. The SMILES string of the molecule is O=C(COC(=O)C1CCCN1C(=O)c1ccco1)Nc1ccc(N=Nc2ccccc2)cc1. The van der Waals surface area contributed by atoms with Crippen LogP contribution in [-0.2, 0) is 14.3 Å². The first-order chi connectivity index (χ1) is 16.1. The molecule has 2 aromatic carbocycles. The maximum Gasteiger partial charge on any atom is 0.329 e. The topological polar surface area (TPSA) is 114 Å². The van der Waals surface area contributed by atoms with E-state index in [2.05, 4.69) is 15.5 Å². The summed E-state index contributed by atoms with van der Waals surface area (Å²) in [6.45, 7) is -0.0208. The Morgan fingerprint density at radius 3 is 2.39 bits per heavy atom. The van der Waals surface area contributed by atoms with E-state index in [1.54, 1.807) is 36.4 Å². The third-order valence-corrected chi connectivity index (χ3v) is 5.05. The molecule has 4 rings (SSSR count). The Morgan fingerprint density at radius 2 is 1.70 bits per heavy atom. The van der Waals surface area contributed by atoms with Crippen molar-refractivity contribution in [2.75, 3.05) is 18.5 Å². The summed E-state index contributed by atoms with van der Waals surface area (Å²) < 4.78 is 10.3. The Bertz CT molecular complexity index is 1130. The second-order valence-electron chi connectivity index (χ2n) is 7.37. The van der Waals surface area contributed by atoms with Crippen LogP contribution in [0.15, 0.2) is 87.6 Å². The monoisotopic (exact) mass is 446 g/mol. The molecule has 1 saturated heterocycles. The number of hydrogen-bond donors (Lipinski definition) is 1. The molecule has 0 radical (unpaired) electrons. The van der Waals surface area contributed by atoms with Crippen molar-refractivity contribution in [2.24, 2.45) is 10.2 Å². The molecular weight excluding hydrogens is 424 g/mol. The van der Waals surface area contributed by atoms with Crippen LogP contribution in [0, 0.1) is 0 Å². The largest absolute Gasteiger partial charge is 0.459 e. The number of benzene rings is 2. The number of anilines is 1. The van der Waals surface area contributed by atoms with Crippen LogP contribution >= 0.6 is 0 Å². The van der Waals surface area contributed by atoms with E-state index in [0.29, 0.717) is 30.8 Å². The molecule has 1 unspecified atom stereocenters. The minimum absolute atomic E-state index is 0.166. The molecule has 1 N–H and O–H groups in total. The van der Waals surface area contributed by atoms with Crippen LogP contribution in [0.1, 0.15) is 23.4 Å². The van der Waals surface area contributed by atoms with Crippen molar-refractivity contribution in [3.8, 4) is 0 Å². The van der Waals surface area contributed by atoms with Crippen LogP contribution in [0.3, 0.4) is 0 Å². The van der Waals surface area contributed by atoms with Crippen molar-refractivity contribution in [2.45, 2.75) is 18.9 Å². The van der Waals surface area contributed by atoms with Crippen molar-refractivity contribution in [3.63, 3.8) is 0 Å². The molecule has 9 heteroatoms. The second-order valence-corrected chi connectivity index (χ2v) is 7.37. The maximum absolute atomic E-state index is 12.5. The maximum atomic E-state index is 12.5.